The third-order valence-electron chi connectivity index (χ3n) is 7.35. The summed E-state index contributed by atoms with van der Waals surface area (Å²) in [5.41, 5.74) is -3.98. The van der Waals surface area contributed by atoms with Gasteiger partial charge in [-0.1, -0.05) is 12.2 Å². The van der Waals surface area contributed by atoms with Crippen LogP contribution in [0.15, 0.2) is 24.0 Å². The van der Waals surface area contributed by atoms with Gasteiger partial charge in [0.25, 0.3) is 0 Å². The Morgan fingerprint density at radius 1 is 1.30 bits per heavy atom. The minimum Gasteiger partial charge on any atom is -0.456 e. The highest BCUT2D eigenvalue weighted by atomic mass is 16.8. The molecule has 6 rings (SSSR count). The van der Waals surface area contributed by atoms with Crippen LogP contribution in [0.1, 0.15) is 13.3 Å². The fourth-order valence-corrected chi connectivity index (χ4v) is 6.71. The van der Waals surface area contributed by atoms with Crippen LogP contribution in [-0.2, 0) is 33.3 Å². The van der Waals surface area contributed by atoms with Crippen molar-refractivity contribution in [1.82, 2.24) is 0 Å². The Hall–Kier alpha value is -1.78. The lowest BCUT2D eigenvalue weighted by molar-refractivity contribution is -0.361. The summed E-state index contributed by atoms with van der Waals surface area (Å²) in [4.78, 5) is 25.6. The molecule has 0 aromatic carbocycles. The van der Waals surface area contributed by atoms with Gasteiger partial charge in [-0.05, 0) is 13.0 Å². The van der Waals surface area contributed by atoms with Crippen molar-refractivity contribution >= 4 is 11.9 Å². The monoisotopic (exact) mass is 378 g/mol. The van der Waals surface area contributed by atoms with Crippen LogP contribution < -0.4 is 0 Å². The van der Waals surface area contributed by atoms with E-state index in [-0.39, 0.29) is 13.2 Å². The van der Waals surface area contributed by atoms with Crippen LogP contribution in [0.25, 0.3) is 0 Å². The van der Waals surface area contributed by atoms with Crippen LogP contribution in [0.4, 0.5) is 0 Å². The van der Waals surface area contributed by atoms with Gasteiger partial charge in [-0.25, -0.2) is 4.79 Å². The van der Waals surface area contributed by atoms with E-state index in [2.05, 4.69) is 6.58 Å². The van der Waals surface area contributed by atoms with Crippen molar-refractivity contribution < 1.29 is 43.5 Å². The Kier molecular flexibility index (Phi) is 2.67. The molecule has 6 unspecified atom stereocenters. The van der Waals surface area contributed by atoms with Crippen LogP contribution in [-0.4, -0.2) is 59.3 Å². The zero-order valence-corrected chi connectivity index (χ0v) is 14.4. The van der Waals surface area contributed by atoms with Crippen molar-refractivity contribution in [2.45, 2.75) is 43.7 Å². The molecule has 0 radical (unpaired) electrons. The quantitative estimate of drug-likeness (QED) is 0.452. The van der Waals surface area contributed by atoms with Gasteiger partial charge in [-0.15, -0.1) is 0 Å². The largest absolute Gasteiger partial charge is 0.456 e. The Labute approximate surface area is 153 Å². The highest BCUT2D eigenvalue weighted by molar-refractivity contribution is 5.95. The number of carbonyl (C=O) groups is 2. The number of carbonyl (C=O) groups excluding carboxylic acids is 2. The van der Waals surface area contributed by atoms with E-state index in [4.69, 9.17) is 23.7 Å². The molecule has 2 aliphatic carbocycles. The van der Waals surface area contributed by atoms with E-state index >= 15 is 0 Å². The summed E-state index contributed by atoms with van der Waals surface area (Å²) in [6.07, 6.45) is -2.93. The van der Waals surface area contributed by atoms with E-state index < -0.39 is 65.0 Å². The van der Waals surface area contributed by atoms with Gasteiger partial charge in [0.2, 0.25) is 0 Å². The standard InChI is InChI=1S/C18H18O9/c1-6(2)9-10(19)11-16-4-7-3-8(12(20)25-7)18(16,14(22)26-11)27-15-17(9,16)13(21)23-5-24-15/h4,8-11,13,15,19,21H,1,3,5H2,2H3/t8?,9-,10-,11?,13+,15?,16?,17?,18?/m1/s1. The third-order valence-corrected chi connectivity index (χ3v) is 7.35. The minimum atomic E-state index is -1.75. The zero-order valence-electron chi connectivity index (χ0n) is 14.4. The maximum Gasteiger partial charge on any atom is 0.340 e. The molecule has 0 amide bonds. The molecule has 0 aromatic rings. The van der Waals surface area contributed by atoms with Crippen molar-refractivity contribution in [3.05, 3.63) is 24.0 Å². The number of hydrogen-bond donors (Lipinski definition) is 2. The number of esters is 2. The highest BCUT2D eigenvalue weighted by Gasteiger charge is 2.95. The molecule has 1 saturated carbocycles. The first-order chi connectivity index (χ1) is 12.8. The number of rotatable bonds is 1. The van der Waals surface area contributed by atoms with Crippen molar-refractivity contribution in [2.75, 3.05) is 6.79 Å². The van der Waals surface area contributed by atoms with Gasteiger partial charge in [-0.2, -0.15) is 0 Å². The van der Waals surface area contributed by atoms with Gasteiger partial charge in [0, 0.05) is 12.3 Å². The summed E-state index contributed by atoms with van der Waals surface area (Å²) in [6.45, 7) is 5.44. The molecular formula is C18H18O9. The van der Waals surface area contributed by atoms with E-state index in [9.17, 15) is 19.8 Å². The van der Waals surface area contributed by atoms with E-state index in [0.717, 1.165) is 0 Å². The molecule has 0 aromatic heterocycles. The maximum absolute atomic E-state index is 13.1. The topological polar surface area (TPSA) is 121 Å². The first kappa shape index (κ1) is 16.2. The molecule has 9 heteroatoms. The third kappa shape index (κ3) is 1.29. The first-order valence-electron chi connectivity index (χ1n) is 8.89. The van der Waals surface area contributed by atoms with Crippen molar-refractivity contribution in [2.24, 2.45) is 22.7 Å². The van der Waals surface area contributed by atoms with Crippen LogP contribution in [0.3, 0.4) is 0 Å². The molecule has 2 N–H and O–H groups in total. The smallest absolute Gasteiger partial charge is 0.340 e. The number of ether oxygens (including phenoxy) is 5. The summed E-state index contributed by atoms with van der Waals surface area (Å²) in [7, 11) is 0. The first-order valence-corrected chi connectivity index (χ1v) is 8.89. The number of fused-ring (bicyclic) bond motifs is 2. The molecule has 4 saturated heterocycles. The predicted octanol–water partition coefficient (Wildman–Crippen LogP) is -0.670. The second kappa shape index (κ2) is 4.44. The van der Waals surface area contributed by atoms with Gasteiger partial charge < -0.3 is 33.9 Å². The average molecular weight is 378 g/mol. The lowest BCUT2D eigenvalue weighted by Crippen LogP contribution is -2.63. The van der Waals surface area contributed by atoms with Crippen LogP contribution in [0.2, 0.25) is 0 Å². The van der Waals surface area contributed by atoms with Crippen molar-refractivity contribution in [3.8, 4) is 0 Å². The average Bonchev–Trinajstić information content (AvgIpc) is 3.21. The van der Waals surface area contributed by atoms with Gasteiger partial charge in [0.1, 0.15) is 17.8 Å². The molecule has 6 aliphatic rings. The van der Waals surface area contributed by atoms with Gasteiger partial charge in [0.15, 0.2) is 25.0 Å². The summed E-state index contributed by atoms with van der Waals surface area (Å²) >= 11 is 0. The van der Waals surface area contributed by atoms with Crippen LogP contribution in [0, 0.1) is 22.7 Å². The number of allylic oxidation sites excluding steroid dienone is 1. The molecule has 5 fully saturated rings. The normalized spacial score (nSPS) is 56.8. The van der Waals surface area contributed by atoms with Crippen molar-refractivity contribution in [1.29, 1.82) is 0 Å². The van der Waals surface area contributed by atoms with Gasteiger partial charge in [-0.3, -0.25) is 4.79 Å². The second-order valence-corrected chi connectivity index (χ2v) is 8.22. The van der Waals surface area contributed by atoms with E-state index in [0.29, 0.717) is 11.3 Å². The summed E-state index contributed by atoms with van der Waals surface area (Å²) < 4.78 is 28.2. The Morgan fingerprint density at radius 2 is 2.07 bits per heavy atom. The van der Waals surface area contributed by atoms with Crippen LogP contribution >= 0.6 is 0 Å². The number of aliphatic hydroxyl groups excluding tert-OH is 2. The van der Waals surface area contributed by atoms with E-state index in [1.165, 1.54) is 0 Å². The highest BCUT2D eigenvalue weighted by Crippen LogP contribution is 2.79. The van der Waals surface area contributed by atoms with E-state index in [1.54, 1.807) is 13.0 Å². The molecule has 27 heavy (non-hydrogen) atoms. The number of hydrogen-bond acceptors (Lipinski definition) is 9. The molecule has 144 valence electrons. The molecule has 2 bridgehead atoms. The molecular weight excluding hydrogens is 360 g/mol. The molecule has 2 spiro atoms. The zero-order chi connectivity index (χ0) is 18.9. The summed E-state index contributed by atoms with van der Waals surface area (Å²) in [5.74, 6) is -2.66. The van der Waals surface area contributed by atoms with Crippen molar-refractivity contribution in [3.63, 3.8) is 0 Å². The second-order valence-electron chi connectivity index (χ2n) is 8.22. The molecule has 4 aliphatic heterocycles. The number of aliphatic hydroxyl groups is 2. The lowest BCUT2D eigenvalue weighted by atomic mass is 9.51. The SMILES string of the molecule is C=C(C)[C@@H]1[C@@H](O)C2OC(=O)C34OC5OCO[C@H](O)C51C23C=C1CC4C(=O)O1. The van der Waals surface area contributed by atoms with Gasteiger partial charge >= 0.3 is 11.9 Å². The van der Waals surface area contributed by atoms with E-state index in [1.807, 2.05) is 0 Å². The molecule has 4 heterocycles. The Bertz CT molecular complexity index is 850. The molecule has 9 nitrogen and oxygen atoms in total. The summed E-state index contributed by atoms with van der Waals surface area (Å²) in [5, 5.41) is 22.2. The Morgan fingerprint density at radius 3 is 2.81 bits per heavy atom. The summed E-state index contributed by atoms with van der Waals surface area (Å²) in [6, 6.07) is 0. The maximum atomic E-state index is 13.1. The Balaban J connectivity index is 1.74. The predicted molar refractivity (Wildman–Crippen MR) is 82.0 cm³/mol. The fraction of sp³-hybridized carbons (Fsp3) is 0.667. The van der Waals surface area contributed by atoms with Crippen LogP contribution in [0.5, 0.6) is 0 Å². The minimum absolute atomic E-state index is 0.190. The molecule has 9 atom stereocenters. The fourth-order valence-electron chi connectivity index (χ4n) is 6.71. The lowest BCUT2D eigenvalue weighted by Gasteiger charge is -2.50. The van der Waals surface area contributed by atoms with Gasteiger partial charge in [0.05, 0.1) is 16.9 Å².